The molecule has 1 N–H and O–H groups in total. The monoisotopic (exact) mass is 237 g/mol. The molecule has 0 amide bonds. The number of hydrogen-bond donors (Lipinski definition) is 1. The summed E-state index contributed by atoms with van der Waals surface area (Å²) in [5, 5.41) is 3.38. The predicted octanol–water partition coefficient (Wildman–Crippen LogP) is -0.243. The van der Waals surface area contributed by atoms with E-state index in [1.807, 2.05) is 19.4 Å². The molecule has 1 aliphatic rings. The highest BCUT2D eigenvalue weighted by Gasteiger charge is 2.10. The van der Waals surface area contributed by atoms with Crippen LogP contribution in [0.15, 0.2) is 12.4 Å². The second-order valence-corrected chi connectivity index (χ2v) is 4.78. The van der Waals surface area contributed by atoms with Crippen molar-refractivity contribution in [2.45, 2.75) is 6.54 Å². The van der Waals surface area contributed by atoms with Crippen LogP contribution in [0.5, 0.6) is 0 Å². The Morgan fingerprint density at radius 3 is 2.82 bits per heavy atom. The fourth-order valence-electron chi connectivity index (χ4n) is 2.12. The third-order valence-electron chi connectivity index (χ3n) is 3.34. The average molecular weight is 237 g/mol. The summed E-state index contributed by atoms with van der Waals surface area (Å²) in [5.41, 5.74) is 0. The minimum atomic E-state index is 0.926. The predicted molar refractivity (Wildman–Crippen MR) is 68.9 cm³/mol. The first-order valence-electron chi connectivity index (χ1n) is 6.33. The van der Waals surface area contributed by atoms with Crippen LogP contribution in [0.25, 0.3) is 0 Å². The van der Waals surface area contributed by atoms with Gasteiger partial charge in [-0.15, -0.1) is 0 Å². The van der Waals surface area contributed by atoms with Gasteiger partial charge in [-0.05, 0) is 7.05 Å². The molecule has 5 nitrogen and oxygen atoms in total. The molecular weight excluding hydrogens is 214 g/mol. The lowest BCUT2D eigenvalue weighted by Crippen LogP contribution is -2.45. The van der Waals surface area contributed by atoms with Gasteiger partial charge in [0.25, 0.3) is 0 Å². The summed E-state index contributed by atoms with van der Waals surface area (Å²) in [7, 11) is 4.21. The van der Waals surface area contributed by atoms with Gasteiger partial charge in [-0.1, -0.05) is 0 Å². The second-order valence-electron chi connectivity index (χ2n) is 4.78. The number of rotatable bonds is 5. The average Bonchev–Trinajstić information content (AvgIpc) is 2.74. The van der Waals surface area contributed by atoms with Crippen LogP contribution in [0, 0.1) is 0 Å². The van der Waals surface area contributed by atoms with E-state index in [9.17, 15) is 0 Å². The van der Waals surface area contributed by atoms with Crippen molar-refractivity contribution in [2.24, 2.45) is 7.05 Å². The van der Waals surface area contributed by atoms with Crippen molar-refractivity contribution in [3.8, 4) is 0 Å². The number of hydrogen-bond acceptors (Lipinski definition) is 4. The molecule has 1 saturated heterocycles. The molecule has 0 unspecified atom stereocenters. The highest BCUT2D eigenvalue weighted by molar-refractivity contribution is 4.90. The number of aromatic nitrogens is 2. The first kappa shape index (κ1) is 12.5. The molecule has 96 valence electrons. The van der Waals surface area contributed by atoms with E-state index in [0.717, 1.165) is 38.5 Å². The van der Waals surface area contributed by atoms with Crippen LogP contribution in [0.1, 0.15) is 5.82 Å². The molecule has 2 rings (SSSR count). The van der Waals surface area contributed by atoms with Crippen molar-refractivity contribution in [1.29, 1.82) is 0 Å². The highest BCUT2D eigenvalue weighted by atomic mass is 15.2. The molecule has 0 aromatic carbocycles. The molecule has 0 saturated carbocycles. The summed E-state index contributed by atoms with van der Waals surface area (Å²) in [6.45, 7) is 7.80. The van der Waals surface area contributed by atoms with Crippen molar-refractivity contribution >= 4 is 0 Å². The Balaban J connectivity index is 1.70. The van der Waals surface area contributed by atoms with Crippen LogP contribution in [0.3, 0.4) is 0 Å². The van der Waals surface area contributed by atoms with Crippen molar-refractivity contribution in [3.63, 3.8) is 0 Å². The van der Waals surface area contributed by atoms with E-state index in [-0.39, 0.29) is 0 Å². The van der Waals surface area contributed by atoms with Crippen LogP contribution >= 0.6 is 0 Å². The maximum absolute atomic E-state index is 4.35. The molecule has 1 aliphatic heterocycles. The summed E-state index contributed by atoms with van der Waals surface area (Å²) >= 11 is 0. The Hall–Kier alpha value is -0.910. The molecule has 1 aromatic heterocycles. The lowest BCUT2D eigenvalue weighted by Gasteiger charge is -2.29. The van der Waals surface area contributed by atoms with E-state index in [0.29, 0.717) is 0 Å². The van der Waals surface area contributed by atoms with Crippen LogP contribution in [0.4, 0.5) is 0 Å². The zero-order chi connectivity index (χ0) is 12.1. The second kappa shape index (κ2) is 6.14. The van der Waals surface area contributed by atoms with Gasteiger partial charge in [-0.25, -0.2) is 4.98 Å². The van der Waals surface area contributed by atoms with Gasteiger partial charge in [-0.3, -0.25) is 9.80 Å². The first-order valence-corrected chi connectivity index (χ1v) is 6.33. The Bertz CT molecular complexity index is 329. The molecule has 0 radical (unpaired) electrons. The van der Waals surface area contributed by atoms with E-state index in [1.165, 1.54) is 13.1 Å². The minimum absolute atomic E-state index is 0.926. The number of imidazole rings is 1. The lowest BCUT2D eigenvalue weighted by molar-refractivity contribution is 0.200. The smallest absolute Gasteiger partial charge is 0.122 e. The Labute approximate surface area is 103 Å². The molecule has 17 heavy (non-hydrogen) atoms. The third-order valence-corrected chi connectivity index (χ3v) is 3.34. The van der Waals surface area contributed by atoms with Crippen LogP contribution in [-0.2, 0) is 13.6 Å². The van der Waals surface area contributed by atoms with Gasteiger partial charge in [0.2, 0.25) is 0 Å². The van der Waals surface area contributed by atoms with Crippen molar-refractivity contribution < 1.29 is 0 Å². The zero-order valence-corrected chi connectivity index (χ0v) is 10.9. The molecule has 0 aliphatic carbocycles. The molecule has 1 fully saturated rings. The topological polar surface area (TPSA) is 36.3 Å². The third kappa shape index (κ3) is 3.80. The Morgan fingerprint density at radius 1 is 1.41 bits per heavy atom. The van der Waals surface area contributed by atoms with Gasteiger partial charge in [0.15, 0.2) is 0 Å². The quantitative estimate of drug-likeness (QED) is 0.767. The summed E-state index contributed by atoms with van der Waals surface area (Å²) in [4.78, 5) is 9.21. The van der Waals surface area contributed by atoms with Crippen LogP contribution < -0.4 is 5.32 Å². The maximum atomic E-state index is 4.35. The van der Waals surface area contributed by atoms with E-state index in [2.05, 4.69) is 31.7 Å². The number of likely N-dealkylation sites (N-methyl/N-ethyl adjacent to an activating group) is 1. The number of piperazine rings is 1. The van der Waals surface area contributed by atoms with Crippen molar-refractivity contribution in [2.75, 3.05) is 46.3 Å². The van der Waals surface area contributed by atoms with E-state index in [1.54, 1.807) is 0 Å². The lowest BCUT2D eigenvalue weighted by atomic mass is 10.3. The zero-order valence-electron chi connectivity index (χ0n) is 10.9. The Kier molecular flexibility index (Phi) is 4.53. The Morgan fingerprint density at radius 2 is 2.18 bits per heavy atom. The van der Waals surface area contributed by atoms with E-state index >= 15 is 0 Å². The summed E-state index contributed by atoms with van der Waals surface area (Å²) in [6, 6.07) is 0. The number of nitrogens with zero attached hydrogens (tertiary/aromatic N) is 4. The standard InChI is InChI=1S/C12H23N5/c1-15(11-12-14-5-6-16(12)2)9-10-17-7-3-13-4-8-17/h5-6,13H,3-4,7-11H2,1-2H3. The van der Waals surface area contributed by atoms with E-state index in [4.69, 9.17) is 0 Å². The van der Waals surface area contributed by atoms with E-state index < -0.39 is 0 Å². The minimum Gasteiger partial charge on any atom is -0.337 e. The van der Waals surface area contributed by atoms with Gasteiger partial charge in [0, 0.05) is 58.7 Å². The van der Waals surface area contributed by atoms with Crippen molar-refractivity contribution in [1.82, 2.24) is 24.7 Å². The molecular formula is C12H23N5. The number of aryl methyl sites for hydroxylation is 1. The SMILES string of the molecule is CN(CCN1CCNCC1)Cc1nccn1C. The van der Waals surface area contributed by atoms with Crippen LogP contribution in [-0.4, -0.2) is 65.7 Å². The maximum Gasteiger partial charge on any atom is 0.122 e. The summed E-state index contributed by atoms with van der Waals surface area (Å²) < 4.78 is 2.08. The molecule has 0 bridgehead atoms. The summed E-state index contributed by atoms with van der Waals surface area (Å²) in [5.74, 6) is 1.13. The fraction of sp³-hybridized carbons (Fsp3) is 0.750. The summed E-state index contributed by atoms with van der Waals surface area (Å²) in [6.07, 6.45) is 3.86. The highest BCUT2D eigenvalue weighted by Crippen LogP contribution is 2.00. The van der Waals surface area contributed by atoms with Crippen LogP contribution in [0.2, 0.25) is 0 Å². The molecule has 2 heterocycles. The molecule has 5 heteroatoms. The molecule has 0 atom stereocenters. The van der Waals surface area contributed by atoms with Gasteiger partial charge in [0.1, 0.15) is 5.82 Å². The largest absolute Gasteiger partial charge is 0.337 e. The number of nitrogens with one attached hydrogen (secondary N) is 1. The first-order chi connectivity index (χ1) is 8.25. The van der Waals surface area contributed by atoms with Gasteiger partial charge < -0.3 is 9.88 Å². The van der Waals surface area contributed by atoms with Gasteiger partial charge in [-0.2, -0.15) is 0 Å². The van der Waals surface area contributed by atoms with Crippen molar-refractivity contribution in [3.05, 3.63) is 18.2 Å². The van der Waals surface area contributed by atoms with Gasteiger partial charge >= 0.3 is 0 Å². The molecule has 0 spiro atoms. The van der Waals surface area contributed by atoms with Gasteiger partial charge in [0.05, 0.1) is 6.54 Å². The normalized spacial score (nSPS) is 17.8. The molecule has 1 aromatic rings. The fourth-order valence-corrected chi connectivity index (χ4v) is 2.12.